The zero-order valence-electron chi connectivity index (χ0n) is 14.6. The number of halogens is 1. The molecule has 0 saturated heterocycles. The molecule has 0 aliphatic heterocycles. The number of hydrogen-bond donors (Lipinski definition) is 0. The topological polar surface area (TPSA) is 47.4 Å². The van der Waals surface area contributed by atoms with Crippen molar-refractivity contribution in [3.63, 3.8) is 0 Å². The number of methoxy groups -OCH3 is 1. The van der Waals surface area contributed by atoms with Crippen molar-refractivity contribution in [1.29, 1.82) is 0 Å². The largest absolute Gasteiger partial charge is 0.496 e. The normalized spacial score (nSPS) is 12.2. The van der Waals surface area contributed by atoms with Crippen molar-refractivity contribution >= 4 is 17.5 Å². The van der Waals surface area contributed by atoms with Gasteiger partial charge >= 0.3 is 0 Å². The number of hydrogen-bond acceptors (Lipinski definition) is 3. The molecule has 6 heteroatoms. The van der Waals surface area contributed by atoms with Gasteiger partial charge < -0.3 is 9.64 Å². The van der Waals surface area contributed by atoms with Crippen LogP contribution in [0.25, 0.3) is 0 Å². The van der Waals surface area contributed by atoms with Gasteiger partial charge in [0.15, 0.2) is 0 Å². The number of para-hydroxylation sites is 1. The van der Waals surface area contributed by atoms with Crippen molar-refractivity contribution in [2.45, 2.75) is 39.4 Å². The van der Waals surface area contributed by atoms with Crippen LogP contribution in [-0.4, -0.2) is 33.6 Å². The van der Waals surface area contributed by atoms with Crippen LogP contribution in [0.1, 0.15) is 44.1 Å². The van der Waals surface area contributed by atoms with E-state index in [0.717, 1.165) is 17.0 Å². The Morgan fingerprint density at radius 1 is 1.29 bits per heavy atom. The second-order valence-corrected chi connectivity index (χ2v) is 6.22. The van der Waals surface area contributed by atoms with Crippen LogP contribution >= 0.6 is 11.6 Å². The van der Waals surface area contributed by atoms with Gasteiger partial charge in [-0.3, -0.25) is 9.48 Å². The third-order valence-corrected chi connectivity index (χ3v) is 4.24. The van der Waals surface area contributed by atoms with Gasteiger partial charge in [0, 0.05) is 17.8 Å². The number of amides is 1. The quantitative estimate of drug-likeness (QED) is 0.714. The summed E-state index contributed by atoms with van der Waals surface area (Å²) >= 11 is 5.83. The summed E-state index contributed by atoms with van der Waals surface area (Å²) in [6, 6.07) is 9.74. The van der Waals surface area contributed by atoms with Gasteiger partial charge in [0.25, 0.3) is 0 Å². The maximum Gasteiger partial charge on any atom is 0.238 e. The minimum Gasteiger partial charge on any atom is -0.496 e. The number of aromatic nitrogens is 2. The second kappa shape index (κ2) is 8.20. The Balaban J connectivity index is 2.28. The number of alkyl halides is 1. The highest BCUT2D eigenvalue weighted by molar-refractivity contribution is 6.27. The lowest BCUT2D eigenvalue weighted by Crippen LogP contribution is -2.34. The smallest absolute Gasteiger partial charge is 0.238 e. The Morgan fingerprint density at radius 2 is 2.00 bits per heavy atom. The zero-order valence-corrected chi connectivity index (χ0v) is 15.3. The number of ether oxygens (including phenoxy) is 1. The molecule has 1 aromatic carbocycles. The molecule has 0 saturated carbocycles. The fourth-order valence-corrected chi connectivity index (χ4v) is 2.77. The minimum atomic E-state index is -0.170. The second-order valence-electron chi connectivity index (χ2n) is 5.95. The molecule has 0 bridgehead atoms. The lowest BCUT2D eigenvalue weighted by Gasteiger charge is -2.29. The zero-order chi connectivity index (χ0) is 17.7. The third-order valence-electron chi connectivity index (χ3n) is 4.02. The first-order valence-electron chi connectivity index (χ1n) is 8.00. The van der Waals surface area contributed by atoms with Gasteiger partial charge in [0.1, 0.15) is 11.6 Å². The lowest BCUT2D eigenvalue weighted by molar-refractivity contribution is -0.131. The van der Waals surface area contributed by atoms with E-state index in [1.54, 1.807) is 12.0 Å². The molecule has 0 N–H and O–H groups in total. The Morgan fingerprint density at radius 3 is 2.58 bits per heavy atom. The Bertz CT molecular complexity index is 684. The standard InChI is InChI=1S/C18H24ClN3O2/c1-13(2)22-10-9-15(20-22)12-21(18(23)11-19)14(3)16-7-5-6-8-17(16)24-4/h5-10,13-14H,11-12H2,1-4H3/t14-/m1/s1. The monoisotopic (exact) mass is 349 g/mol. The van der Waals surface area contributed by atoms with E-state index in [2.05, 4.69) is 18.9 Å². The van der Waals surface area contributed by atoms with Crippen LogP contribution in [0.2, 0.25) is 0 Å². The van der Waals surface area contributed by atoms with Gasteiger partial charge in [-0.2, -0.15) is 5.10 Å². The molecule has 1 heterocycles. The number of benzene rings is 1. The summed E-state index contributed by atoms with van der Waals surface area (Å²) in [7, 11) is 1.63. The van der Waals surface area contributed by atoms with Crippen molar-refractivity contribution in [1.82, 2.24) is 14.7 Å². The SMILES string of the molecule is COc1ccccc1[C@@H](C)N(Cc1ccn(C(C)C)n1)C(=O)CCl. The van der Waals surface area contributed by atoms with Gasteiger partial charge in [0.05, 0.1) is 25.4 Å². The van der Waals surface area contributed by atoms with Crippen molar-refractivity contribution in [2.24, 2.45) is 0 Å². The predicted molar refractivity (Wildman–Crippen MR) is 95.3 cm³/mol. The Kier molecular flexibility index (Phi) is 6.26. The van der Waals surface area contributed by atoms with Crippen LogP contribution in [-0.2, 0) is 11.3 Å². The maximum absolute atomic E-state index is 12.4. The van der Waals surface area contributed by atoms with E-state index in [9.17, 15) is 4.79 Å². The highest BCUT2D eigenvalue weighted by Crippen LogP contribution is 2.30. The summed E-state index contributed by atoms with van der Waals surface area (Å²) in [5.41, 5.74) is 1.78. The molecule has 0 spiro atoms. The van der Waals surface area contributed by atoms with Crippen molar-refractivity contribution in [3.8, 4) is 5.75 Å². The Labute approximate surface area is 148 Å². The highest BCUT2D eigenvalue weighted by atomic mass is 35.5. The number of nitrogens with zero attached hydrogens (tertiary/aromatic N) is 3. The molecular weight excluding hydrogens is 326 g/mol. The van der Waals surface area contributed by atoms with E-state index in [0.29, 0.717) is 6.54 Å². The van der Waals surface area contributed by atoms with E-state index in [-0.39, 0.29) is 23.9 Å². The van der Waals surface area contributed by atoms with E-state index >= 15 is 0 Å². The number of rotatable bonds is 7. The first-order chi connectivity index (χ1) is 11.5. The minimum absolute atomic E-state index is 0.0651. The van der Waals surface area contributed by atoms with Crippen molar-refractivity contribution in [3.05, 3.63) is 47.8 Å². The molecule has 1 atom stereocenters. The fraction of sp³-hybridized carbons (Fsp3) is 0.444. The van der Waals surface area contributed by atoms with Gasteiger partial charge in [-0.15, -0.1) is 11.6 Å². The van der Waals surface area contributed by atoms with Gasteiger partial charge in [-0.05, 0) is 32.9 Å². The van der Waals surface area contributed by atoms with E-state index in [1.165, 1.54) is 0 Å². The van der Waals surface area contributed by atoms with Crippen LogP contribution in [0.4, 0.5) is 0 Å². The average molecular weight is 350 g/mol. The molecule has 5 nitrogen and oxygen atoms in total. The predicted octanol–water partition coefficient (Wildman–Crippen LogP) is 3.80. The van der Waals surface area contributed by atoms with Crippen molar-refractivity contribution in [2.75, 3.05) is 13.0 Å². The first-order valence-corrected chi connectivity index (χ1v) is 8.53. The summed E-state index contributed by atoms with van der Waals surface area (Å²) in [5.74, 6) is 0.559. The van der Waals surface area contributed by atoms with Crippen LogP contribution < -0.4 is 4.74 Å². The maximum atomic E-state index is 12.4. The molecule has 1 aromatic heterocycles. The van der Waals surface area contributed by atoms with E-state index in [4.69, 9.17) is 16.3 Å². The van der Waals surface area contributed by atoms with Crippen LogP contribution in [0.15, 0.2) is 36.5 Å². The molecule has 0 fully saturated rings. The van der Waals surface area contributed by atoms with Crippen molar-refractivity contribution < 1.29 is 9.53 Å². The van der Waals surface area contributed by atoms with Gasteiger partial charge in [-0.1, -0.05) is 18.2 Å². The molecule has 130 valence electrons. The molecular formula is C18H24ClN3O2. The molecule has 0 unspecified atom stereocenters. The summed E-state index contributed by atoms with van der Waals surface area (Å²) in [6.45, 7) is 6.51. The van der Waals surface area contributed by atoms with Crippen LogP contribution in [0.5, 0.6) is 5.75 Å². The molecule has 0 aliphatic rings. The summed E-state index contributed by atoms with van der Waals surface area (Å²) in [5, 5.41) is 4.53. The molecule has 0 radical (unpaired) electrons. The molecule has 24 heavy (non-hydrogen) atoms. The summed E-state index contributed by atoms with van der Waals surface area (Å²) in [6.07, 6.45) is 1.93. The fourth-order valence-electron chi connectivity index (χ4n) is 2.62. The average Bonchev–Trinajstić information content (AvgIpc) is 3.07. The number of carbonyl (C=O) groups is 1. The molecule has 1 amide bonds. The van der Waals surface area contributed by atoms with Gasteiger partial charge in [-0.25, -0.2) is 0 Å². The molecule has 0 aliphatic carbocycles. The van der Waals surface area contributed by atoms with E-state index in [1.807, 2.05) is 48.1 Å². The molecule has 2 rings (SSSR count). The highest BCUT2D eigenvalue weighted by Gasteiger charge is 2.24. The lowest BCUT2D eigenvalue weighted by atomic mass is 10.1. The first kappa shape index (κ1) is 18.3. The van der Waals surface area contributed by atoms with E-state index < -0.39 is 0 Å². The summed E-state index contributed by atoms with van der Waals surface area (Å²) in [4.78, 5) is 14.1. The van der Waals surface area contributed by atoms with Gasteiger partial charge in [0.2, 0.25) is 5.91 Å². The molecule has 2 aromatic rings. The Hall–Kier alpha value is -2.01. The summed E-state index contributed by atoms with van der Waals surface area (Å²) < 4.78 is 7.31. The van der Waals surface area contributed by atoms with Crippen LogP contribution in [0.3, 0.4) is 0 Å². The number of carbonyl (C=O) groups excluding carboxylic acids is 1. The third kappa shape index (κ3) is 4.09. The van der Waals surface area contributed by atoms with Crippen LogP contribution in [0, 0.1) is 0 Å².